The molecule has 2 heterocycles. The molecule has 2 fully saturated rings. The summed E-state index contributed by atoms with van der Waals surface area (Å²) in [6, 6.07) is 18.9. The number of rotatable bonds is 2. The number of piperidine rings is 1. The Balaban J connectivity index is 1.34. The smallest absolute Gasteiger partial charge is 0.410 e. The Labute approximate surface area is 164 Å². The number of hydrogen-bond acceptors (Lipinski definition) is 4. The van der Waals surface area contributed by atoms with E-state index >= 15 is 0 Å². The lowest BCUT2D eigenvalue weighted by atomic mass is 9.85. The van der Waals surface area contributed by atoms with Crippen molar-refractivity contribution in [1.82, 2.24) is 4.90 Å². The van der Waals surface area contributed by atoms with Gasteiger partial charge >= 0.3 is 6.09 Å². The summed E-state index contributed by atoms with van der Waals surface area (Å²) in [5.41, 5.74) is 10.2. The van der Waals surface area contributed by atoms with Crippen LogP contribution in [0, 0.1) is 11.3 Å². The highest BCUT2D eigenvalue weighted by Gasteiger charge is 2.49. The number of carbonyl (C=O) groups excluding carboxylic acids is 1. The number of hydrogen-bond donors (Lipinski definition) is 1. The molecule has 0 aromatic heterocycles. The third-order valence-electron chi connectivity index (χ3n) is 6.59. The van der Waals surface area contributed by atoms with E-state index in [1.165, 1.54) is 22.3 Å². The van der Waals surface area contributed by atoms with Crippen LogP contribution in [-0.4, -0.2) is 35.2 Å². The lowest BCUT2D eigenvalue weighted by Gasteiger charge is -2.40. The molecule has 5 rings (SSSR count). The minimum Gasteiger partial charge on any atom is -0.448 e. The van der Waals surface area contributed by atoms with Crippen molar-refractivity contribution in [2.24, 2.45) is 5.73 Å². The molecule has 2 saturated heterocycles. The molecule has 2 atom stereocenters. The molecule has 2 bridgehead atoms. The van der Waals surface area contributed by atoms with Gasteiger partial charge in [-0.3, -0.25) is 0 Å². The molecule has 28 heavy (non-hydrogen) atoms. The monoisotopic (exact) mass is 373 g/mol. The lowest BCUT2D eigenvalue weighted by Crippen LogP contribution is -2.56. The van der Waals surface area contributed by atoms with Crippen LogP contribution in [0.25, 0.3) is 11.1 Å². The van der Waals surface area contributed by atoms with Crippen molar-refractivity contribution in [2.45, 2.75) is 49.2 Å². The zero-order chi connectivity index (χ0) is 19.3. The summed E-state index contributed by atoms with van der Waals surface area (Å²) in [6.07, 6.45) is 2.59. The van der Waals surface area contributed by atoms with Crippen molar-refractivity contribution in [1.29, 1.82) is 5.26 Å². The Bertz CT molecular complexity index is 920. The van der Waals surface area contributed by atoms with Crippen LogP contribution in [0.2, 0.25) is 0 Å². The van der Waals surface area contributed by atoms with Crippen molar-refractivity contribution in [2.75, 3.05) is 6.61 Å². The minimum absolute atomic E-state index is 0.0130. The number of nitrogens with two attached hydrogens (primary N) is 1. The van der Waals surface area contributed by atoms with E-state index in [4.69, 9.17) is 10.5 Å². The van der Waals surface area contributed by atoms with E-state index in [0.717, 1.165) is 12.8 Å². The van der Waals surface area contributed by atoms with Crippen LogP contribution in [0.5, 0.6) is 0 Å². The number of amides is 1. The van der Waals surface area contributed by atoms with Crippen molar-refractivity contribution in [3.63, 3.8) is 0 Å². The van der Waals surface area contributed by atoms with Gasteiger partial charge in [0.2, 0.25) is 0 Å². The molecule has 0 saturated carbocycles. The molecule has 2 aromatic rings. The molecule has 2 N–H and O–H groups in total. The van der Waals surface area contributed by atoms with Gasteiger partial charge < -0.3 is 15.4 Å². The summed E-state index contributed by atoms with van der Waals surface area (Å²) < 4.78 is 5.83. The van der Waals surface area contributed by atoms with Gasteiger partial charge in [-0.15, -0.1) is 0 Å². The standard InChI is InChI=1S/C23H23N3O2/c24-14-23(25)11-15-9-10-16(12-23)26(15)22(27)28-13-21-19-7-3-1-5-17(19)18-6-2-4-8-20(18)21/h1-8,15-16,21H,9-13,25H2. The average Bonchev–Trinajstić information content (AvgIpc) is 3.19. The van der Waals surface area contributed by atoms with Gasteiger partial charge in [-0.2, -0.15) is 5.26 Å². The first-order valence-corrected chi connectivity index (χ1v) is 9.93. The van der Waals surface area contributed by atoms with Gasteiger partial charge in [0.25, 0.3) is 0 Å². The van der Waals surface area contributed by atoms with Gasteiger partial charge in [0.05, 0.1) is 6.07 Å². The fraction of sp³-hybridized carbons (Fsp3) is 0.391. The zero-order valence-corrected chi connectivity index (χ0v) is 15.7. The number of carbonyl (C=O) groups is 1. The number of nitriles is 1. The molecule has 2 aliphatic heterocycles. The van der Waals surface area contributed by atoms with Gasteiger partial charge in [0.15, 0.2) is 0 Å². The quantitative estimate of drug-likeness (QED) is 0.869. The maximum absolute atomic E-state index is 12.9. The molecule has 3 aliphatic rings. The van der Waals surface area contributed by atoms with Crippen LogP contribution in [0.3, 0.4) is 0 Å². The van der Waals surface area contributed by atoms with Crippen LogP contribution < -0.4 is 5.73 Å². The van der Waals surface area contributed by atoms with Gasteiger partial charge in [0, 0.05) is 18.0 Å². The largest absolute Gasteiger partial charge is 0.448 e. The zero-order valence-electron chi connectivity index (χ0n) is 15.7. The second-order valence-electron chi connectivity index (χ2n) is 8.27. The first kappa shape index (κ1) is 17.3. The van der Waals surface area contributed by atoms with Crippen molar-refractivity contribution in [3.05, 3.63) is 59.7 Å². The fourth-order valence-corrected chi connectivity index (χ4v) is 5.34. The Morgan fingerprint density at radius 1 is 1.07 bits per heavy atom. The molecular weight excluding hydrogens is 350 g/mol. The molecule has 1 amide bonds. The van der Waals surface area contributed by atoms with E-state index in [9.17, 15) is 10.1 Å². The number of nitrogens with zero attached hydrogens (tertiary/aromatic N) is 2. The van der Waals surface area contributed by atoms with Gasteiger partial charge in [-0.1, -0.05) is 48.5 Å². The average molecular weight is 373 g/mol. The Hall–Kier alpha value is -2.84. The number of ether oxygens (including phenoxy) is 1. The predicted octanol–water partition coefficient (Wildman–Crippen LogP) is 3.78. The summed E-state index contributed by atoms with van der Waals surface area (Å²) in [5, 5.41) is 9.36. The van der Waals surface area contributed by atoms with Crippen LogP contribution >= 0.6 is 0 Å². The first-order valence-electron chi connectivity index (χ1n) is 9.93. The second-order valence-corrected chi connectivity index (χ2v) is 8.27. The number of fused-ring (bicyclic) bond motifs is 5. The molecule has 1 aliphatic carbocycles. The van der Waals surface area contributed by atoms with Crippen LogP contribution in [0.15, 0.2) is 48.5 Å². The molecule has 2 unspecified atom stereocenters. The summed E-state index contributed by atoms with van der Waals surface area (Å²) in [6.45, 7) is 0.328. The maximum atomic E-state index is 12.9. The van der Waals surface area contributed by atoms with Crippen molar-refractivity contribution >= 4 is 6.09 Å². The third-order valence-corrected chi connectivity index (χ3v) is 6.59. The maximum Gasteiger partial charge on any atom is 0.410 e. The van der Waals surface area contributed by atoms with E-state index in [-0.39, 0.29) is 24.1 Å². The molecule has 5 nitrogen and oxygen atoms in total. The highest BCUT2D eigenvalue weighted by atomic mass is 16.6. The van der Waals surface area contributed by atoms with E-state index in [2.05, 4.69) is 30.3 Å². The Kier molecular flexibility index (Phi) is 3.92. The van der Waals surface area contributed by atoms with E-state index in [0.29, 0.717) is 19.4 Å². The fourth-order valence-electron chi connectivity index (χ4n) is 5.34. The van der Waals surface area contributed by atoms with E-state index < -0.39 is 5.54 Å². The van der Waals surface area contributed by atoms with Crippen LogP contribution in [0.1, 0.15) is 42.7 Å². The normalized spacial score (nSPS) is 27.8. The molecule has 2 aromatic carbocycles. The van der Waals surface area contributed by atoms with Crippen LogP contribution in [-0.2, 0) is 4.74 Å². The molecule has 0 radical (unpaired) electrons. The highest BCUT2D eigenvalue weighted by Crippen LogP contribution is 2.45. The topological polar surface area (TPSA) is 79.4 Å². The van der Waals surface area contributed by atoms with E-state index in [1.54, 1.807) is 0 Å². The second kappa shape index (κ2) is 6.35. The van der Waals surface area contributed by atoms with Crippen molar-refractivity contribution in [3.8, 4) is 17.2 Å². The van der Waals surface area contributed by atoms with Crippen molar-refractivity contribution < 1.29 is 9.53 Å². The summed E-state index contributed by atoms with van der Waals surface area (Å²) in [4.78, 5) is 14.8. The Morgan fingerprint density at radius 3 is 2.14 bits per heavy atom. The first-order chi connectivity index (χ1) is 13.6. The highest BCUT2D eigenvalue weighted by molar-refractivity contribution is 5.79. The predicted molar refractivity (Wildman–Crippen MR) is 105 cm³/mol. The Morgan fingerprint density at radius 2 is 1.61 bits per heavy atom. The van der Waals surface area contributed by atoms with Gasteiger partial charge in [-0.25, -0.2) is 4.79 Å². The van der Waals surface area contributed by atoms with Gasteiger partial charge in [-0.05, 0) is 47.9 Å². The SMILES string of the molecule is N#CC1(N)CC2CCC(C1)N2C(=O)OCC1c2ccccc2-c2ccccc21. The van der Waals surface area contributed by atoms with Crippen LogP contribution in [0.4, 0.5) is 4.79 Å². The summed E-state index contributed by atoms with van der Waals surface area (Å²) in [7, 11) is 0. The molecule has 0 spiro atoms. The number of benzene rings is 2. The minimum atomic E-state index is -0.814. The van der Waals surface area contributed by atoms with E-state index in [1.807, 2.05) is 29.2 Å². The lowest BCUT2D eigenvalue weighted by molar-refractivity contribution is 0.0576. The third kappa shape index (κ3) is 2.60. The summed E-state index contributed by atoms with van der Waals surface area (Å²) >= 11 is 0. The molecule has 5 heteroatoms. The summed E-state index contributed by atoms with van der Waals surface area (Å²) in [5.74, 6) is 0.0616. The van der Waals surface area contributed by atoms with Gasteiger partial charge in [0.1, 0.15) is 12.1 Å². The molecule has 142 valence electrons. The molecular formula is C23H23N3O2.